The lowest BCUT2D eigenvalue weighted by Gasteiger charge is -2.18. The Kier molecular flexibility index (Phi) is 5.25. The van der Waals surface area contributed by atoms with E-state index >= 15 is 0 Å². The monoisotopic (exact) mass is 436 g/mol. The minimum Gasteiger partial charge on any atom is -0.486 e. The van der Waals surface area contributed by atoms with Gasteiger partial charge in [-0.3, -0.25) is 9.59 Å². The number of esters is 1. The first-order chi connectivity index (χ1) is 14.0. The number of aromatic nitrogens is 1. The number of fused-ring (bicyclic) bond motifs is 2. The van der Waals surface area contributed by atoms with Crippen LogP contribution < -0.4 is 14.3 Å². The van der Waals surface area contributed by atoms with Crippen molar-refractivity contribution in [1.82, 2.24) is 4.57 Å². The topological polar surface area (TPSA) is 79.1 Å². The molecule has 150 valence electrons. The van der Waals surface area contributed by atoms with Crippen molar-refractivity contribution in [2.24, 2.45) is 4.99 Å². The molecule has 2 aromatic carbocycles. The van der Waals surface area contributed by atoms with Crippen LogP contribution in [0.2, 0.25) is 5.02 Å². The van der Waals surface area contributed by atoms with Gasteiger partial charge in [-0.25, -0.2) is 4.39 Å². The summed E-state index contributed by atoms with van der Waals surface area (Å²) in [7, 11) is 1.26. The fourth-order valence-corrected chi connectivity index (χ4v) is 4.16. The molecule has 1 aliphatic heterocycles. The van der Waals surface area contributed by atoms with Crippen molar-refractivity contribution in [1.29, 1.82) is 0 Å². The average molecular weight is 437 g/mol. The highest BCUT2D eigenvalue weighted by Gasteiger charge is 2.20. The van der Waals surface area contributed by atoms with Gasteiger partial charge in [-0.2, -0.15) is 4.99 Å². The summed E-state index contributed by atoms with van der Waals surface area (Å²) < 4.78 is 32.2. The number of hydrogen-bond acceptors (Lipinski definition) is 6. The van der Waals surface area contributed by atoms with Crippen LogP contribution in [0.15, 0.2) is 35.3 Å². The third-order valence-corrected chi connectivity index (χ3v) is 5.59. The predicted molar refractivity (Wildman–Crippen MR) is 104 cm³/mol. The minimum absolute atomic E-state index is 0.0448. The first kappa shape index (κ1) is 19.4. The number of carbonyl (C=O) groups excluding carboxylic acids is 2. The SMILES string of the molecule is COC(=O)Cn1c(=NC(=O)c2c(F)cccc2Cl)sc2cc3c(cc21)OCCO3. The molecule has 2 heterocycles. The Bertz CT molecular complexity index is 1180. The van der Waals surface area contributed by atoms with Crippen molar-refractivity contribution >= 4 is 45.0 Å². The zero-order valence-corrected chi connectivity index (χ0v) is 16.7. The van der Waals surface area contributed by atoms with E-state index in [1.165, 1.54) is 23.8 Å². The second-order valence-corrected chi connectivity index (χ2v) is 7.44. The normalized spacial score (nSPS) is 13.6. The van der Waals surface area contributed by atoms with E-state index in [2.05, 4.69) is 4.99 Å². The number of ether oxygens (including phenoxy) is 3. The zero-order valence-electron chi connectivity index (χ0n) is 15.1. The van der Waals surface area contributed by atoms with E-state index in [4.69, 9.17) is 25.8 Å². The number of methoxy groups -OCH3 is 1. The number of carbonyl (C=O) groups is 2. The Labute approximate surface area is 172 Å². The standard InChI is InChI=1S/C19H14ClFN2O5S/c1-26-16(24)9-23-12-7-13-14(28-6-5-27-13)8-15(12)29-19(23)22-18(25)17-10(20)3-2-4-11(17)21/h2-4,7-8H,5-6,9H2,1H3. The molecule has 0 N–H and O–H groups in total. The van der Waals surface area contributed by atoms with Gasteiger partial charge in [0.1, 0.15) is 25.6 Å². The van der Waals surface area contributed by atoms with Gasteiger partial charge in [-0.15, -0.1) is 0 Å². The molecule has 0 atom stereocenters. The van der Waals surface area contributed by atoms with E-state index in [9.17, 15) is 14.0 Å². The Morgan fingerprint density at radius 1 is 1.28 bits per heavy atom. The first-order valence-electron chi connectivity index (χ1n) is 8.51. The molecule has 0 fully saturated rings. The average Bonchev–Trinajstić information content (AvgIpc) is 3.01. The summed E-state index contributed by atoms with van der Waals surface area (Å²) in [5, 5.41) is -0.0448. The molecule has 7 nitrogen and oxygen atoms in total. The second-order valence-electron chi connectivity index (χ2n) is 6.02. The highest BCUT2D eigenvalue weighted by Crippen LogP contribution is 2.35. The van der Waals surface area contributed by atoms with Crippen LogP contribution in [0.1, 0.15) is 10.4 Å². The van der Waals surface area contributed by atoms with Crippen LogP contribution in [0, 0.1) is 5.82 Å². The number of hydrogen-bond donors (Lipinski definition) is 0. The zero-order chi connectivity index (χ0) is 20.5. The molecule has 0 saturated carbocycles. The number of rotatable bonds is 3. The maximum atomic E-state index is 14.1. The van der Waals surface area contributed by atoms with Gasteiger partial charge in [0.15, 0.2) is 16.3 Å². The van der Waals surface area contributed by atoms with Crippen LogP contribution >= 0.6 is 22.9 Å². The summed E-state index contributed by atoms with van der Waals surface area (Å²) in [5.41, 5.74) is 0.276. The summed E-state index contributed by atoms with van der Waals surface area (Å²) in [4.78, 5) is 28.8. The summed E-state index contributed by atoms with van der Waals surface area (Å²) >= 11 is 7.12. The number of benzene rings is 2. The highest BCUT2D eigenvalue weighted by atomic mass is 35.5. The molecule has 0 aliphatic carbocycles. The molecule has 4 rings (SSSR count). The third-order valence-electron chi connectivity index (χ3n) is 4.24. The van der Waals surface area contributed by atoms with E-state index in [-0.39, 0.29) is 21.9 Å². The second kappa shape index (κ2) is 7.84. The molecule has 29 heavy (non-hydrogen) atoms. The maximum Gasteiger partial charge on any atom is 0.325 e. The van der Waals surface area contributed by atoms with Crippen LogP contribution in [0.25, 0.3) is 10.2 Å². The van der Waals surface area contributed by atoms with Gasteiger partial charge >= 0.3 is 5.97 Å². The van der Waals surface area contributed by atoms with E-state index in [1.807, 2.05) is 0 Å². The van der Waals surface area contributed by atoms with Gasteiger partial charge in [-0.05, 0) is 12.1 Å². The highest BCUT2D eigenvalue weighted by molar-refractivity contribution is 7.16. The summed E-state index contributed by atoms with van der Waals surface area (Å²) in [6.45, 7) is 0.641. The van der Waals surface area contributed by atoms with Gasteiger partial charge in [0.25, 0.3) is 5.91 Å². The number of amides is 1. The maximum absolute atomic E-state index is 14.1. The summed E-state index contributed by atoms with van der Waals surface area (Å²) in [6, 6.07) is 7.40. The van der Waals surface area contributed by atoms with Crippen molar-refractivity contribution in [2.75, 3.05) is 20.3 Å². The molecule has 0 unspecified atom stereocenters. The van der Waals surface area contributed by atoms with Gasteiger partial charge in [-0.1, -0.05) is 29.0 Å². The quantitative estimate of drug-likeness (QED) is 0.589. The Balaban J connectivity index is 1.90. The molecule has 1 aliphatic rings. The Hall–Kier alpha value is -2.91. The molecule has 1 aromatic heterocycles. The lowest BCUT2D eigenvalue weighted by molar-refractivity contribution is -0.141. The number of nitrogens with zero attached hydrogens (tertiary/aromatic N) is 2. The largest absolute Gasteiger partial charge is 0.486 e. The molecule has 0 radical (unpaired) electrons. The van der Waals surface area contributed by atoms with E-state index in [0.29, 0.717) is 34.9 Å². The molecular weight excluding hydrogens is 423 g/mol. The third kappa shape index (κ3) is 3.70. The van der Waals surface area contributed by atoms with Gasteiger partial charge < -0.3 is 18.8 Å². The fraction of sp³-hybridized carbons (Fsp3) is 0.211. The van der Waals surface area contributed by atoms with Gasteiger partial charge in [0.2, 0.25) is 0 Å². The summed E-state index contributed by atoms with van der Waals surface area (Å²) in [5.74, 6) is -1.07. The molecule has 0 saturated heterocycles. The minimum atomic E-state index is -0.851. The van der Waals surface area contributed by atoms with Crippen LogP contribution in [0.5, 0.6) is 11.5 Å². The first-order valence-corrected chi connectivity index (χ1v) is 9.70. The molecule has 0 spiro atoms. The van der Waals surface area contributed by atoms with Crippen molar-refractivity contribution < 1.29 is 28.2 Å². The Morgan fingerprint density at radius 2 is 2.00 bits per heavy atom. The van der Waals surface area contributed by atoms with Crippen molar-refractivity contribution in [2.45, 2.75) is 6.54 Å². The molecule has 0 bridgehead atoms. The van der Waals surface area contributed by atoms with E-state index in [1.54, 1.807) is 12.1 Å². The van der Waals surface area contributed by atoms with Crippen LogP contribution in [0.4, 0.5) is 4.39 Å². The van der Waals surface area contributed by atoms with Crippen LogP contribution in [-0.2, 0) is 16.1 Å². The van der Waals surface area contributed by atoms with Crippen LogP contribution in [-0.4, -0.2) is 36.8 Å². The molecular formula is C19H14ClFN2O5S. The van der Waals surface area contributed by atoms with Crippen molar-refractivity contribution in [3.05, 3.63) is 51.5 Å². The molecule has 3 aromatic rings. The van der Waals surface area contributed by atoms with Crippen molar-refractivity contribution in [3.8, 4) is 11.5 Å². The summed E-state index contributed by atoms with van der Waals surface area (Å²) in [6.07, 6.45) is 0. The number of halogens is 2. The van der Waals surface area contributed by atoms with Crippen LogP contribution in [0.3, 0.4) is 0 Å². The van der Waals surface area contributed by atoms with Crippen molar-refractivity contribution in [3.63, 3.8) is 0 Å². The Morgan fingerprint density at radius 3 is 2.69 bits per heavy atom. The van der Waals surface area contributed by atoms with Gasteiger partial charge in [0.05, 0.1) is 27.9 Å². The van der Waals surface area contributed by atoms with E-state index < -0.39 is 17.7 Å². The van der Waals surface area contributed by atoms with Gasteiger partial charge in [0, 0.05) is 12.1 Å². The lowest BCUT2D eigenvalue weighted by atomic mass is 10.2. The molecule has 1 amide bonds. The molecule has 10 heteroatoms. The lowest BCUT2D eigenvalue weighted by Crippen LogP contribution is -2.23. The smallest absolute Gasteiger partial charge is 0.325 e. The predicted octanol–water partition coefficient (Wildman–Crippen LogP) is 3.18. The fourth-order valence-electron chi connectivity index (χ4n) is 2.88. The van der Waals surface area contributed by atoms with E-state index in [0.717, 1.165) is 17.4 Å². The number of thiazole rings is 1.